The zero-order valence-corrected chi connectivity index (χ0v) is 15.8. The number of nitrogens with one attached hydrogen (secondary N) is 2. The summed E-state index contributed by atoms with van der Waals surface area (Å²) in [5.74, 6) is 0.767. The second-order valence-corrected chi connectivity index (χ2v) is 6.47. The summed E-state index contributed by atoms with van der Waals surface area (Å²) in [7, 11) is 1.44. The lowest BCUT2D eigenvalue weighted by Crippen LogP contribution is -2.32. The van der Waals surface area contributed by atoms with Crippen LogP contribution in [0.3, 0.4) is 0 Å². The van der Waals surface area contributed by atoms with E-state index in [1.807, 2.05) is 4.90 Å². The number of ether oxygens (including phenoxy) is 1. The number of carbonyl (C=O) groups is 1. The number of nitrogens with zero attached hydrogens (tertiary/aromatic N) is 4. The van der Waals surface area contributed by atoms with E-state index in [1.54, 1.807) is 0 Å². The number of anilines is 2. The summed E-state index contributed by atoms with van der Waals surface area (Å²) in [6.07, 6.45) is -1.24. The van der Waals surface area contributed by atoms with E-state index in [-0.39, 0.29) is 24.1 Å². The molecule has 0 aliphatic carbocycles. The van der Waals surface area contributed by atoms with Gasteiger partial charge in [0.2, 0.25) is 5.95 Å². The van der Waals surface area contributed by atoms with Crippen molar-refractivity contribution >= 4 is 17.7 Å². The number of piperidine rings is 1. The average Bonchev–Trinajstić information content (AvgIpc) is 2.72. The van der Waals surface area contributed by atoms with Crippen LogP contribution >= 0.6 is 0 Å². The van der Waals surface area contributed by atoms with Crippen LogP contribution in [0.2, 0.25) is 0 Å². The Bertz CT molecular complexity index is 856. The summed E-state index contributed by atoms with van der Waals surface area (Å²) in [5.41, 5.74) is -0.816. The van der Waals surface area contributed by atoms with Gasteiger partial charge in [-0.3, -0.25) is 0 Å². The Morgan fingerprint density at radius 1 is 1.17 bits per heavy atom. The molecule has 29 heavy (non-hydrogen) atoms. The lowest BCUT2D eigenvalue weighted by Gasteiger charge is -2.26. The number of hydrogen-bond donors (Lipinski definition) is 2. The van der Waals surface area contributed by atoms with Crippen LogP contribution in [0.4, 0.5) is 29.6 Å². The van der Waals surface area contributed by atoms with Crippen molar-refractivity contribution < 1.29 is 22.7 Å². The van der Waals surface area contributed by atoms with Crippen molar-refractivity contribution in [1.29, 1.82) is 0 Å². The van der Waals surface area contributed by atoms with E-state index in [9.17, 15) is 18.0 Å². The fourth-order valence-electron chi connectivity index (χ4n) is 2.90. The van der Waals surface area contributed by atoms with E-state index < -0.39 is 17.8 Å². The summed E-state index contributed by atoms with van der Waals surface area (Å²) in [6.45, 7) is 1.62. The highest BCUT2D eigenvalue weighted by Gasteiger charge is 2.30. The topological polar surface area (TPSA) is 92.3 Å². The second-order valence-electron chi connectivity index (χ2n) is 6.47. The largest absolute Gasteiger partial charge is 0.467 e. The number of aromatic nitrogens is 3. The minimum Gasteiger partial charge on any atom is -0.467 e. The maximum atomic E-state index is 12.8. The van der Waals surface area contributed by atoms with E-state index in [1.165, 1.54) is 19.2 Å². The molecule has 0 radical (unpaired) electrons. The van der Waals surface area contributed by atoms with Gasteiger partial charge in [0.1, 0.15) is 0 Å². The first-order valence-corrected chi connectivity index (χ1v) is 9.11. The Kier molecular flexibility index (Phi) is 6.35. The summed E-state index contributed by atoms with van der Waals surface area (Å²) >= 11 is 0. The summed E-state index contributed by atoms with van der Waals surface area (Å²) < 4.78 is 43.4. The van der Waals surface area contributed by atoms with Crippen LogP contribution in [-0.2, 0) is 12.7 Å². The number of hydrogen-bond acceptors (Lipinski definition) is 6. The molecule has 1 aromatic heterocycles. The van der Waals surface area contributed by atoms with Gasteiger partial charge in [0.15, 0.2) is 5.82 Å². The van der Waals surface area contributed by atoms with Crippen LogP contribution < -0.4 is 20.3 Å². The van der Waals surface area contributed by atoms with Crippen LogP contribution in [0.25, 0.3) is 0 Å². The Hall–Kier alpha value is -3.11. The van der Waals surface area contributed by atoms with Crippen LogP contribution in [-0.4, -0.2) is 41.2 Å². The Morgan fingerprint density at radius 3 is 2.62 bits per heavy atom. The molecular formula is C18H21F3N6O2. The van der Waals surface area contributed by atoms with Gasteiger partial charge in [-0.25, -0.2) is 4.79 Å². The SMILES string of the molecule is COc1nc(CNC(=O)Nc2cccc(C(F)(F)F)c2)nc(N2CCCCC2)n1. The zero-order valence-electron chi connectivity index (χ0n) is 15.8. The highest BCUT2D eigenvalue weighted by Crippen LogP contribution is 2.30. The van der Waals surface area contributed by atoms with Gasteiger partial charge < -0.3 is 20.3 Å². The predicted octanol–water partition coefficient (Wildman–Crippen LogP) is 3.21. The maximum absolute atomic E-state index is 12.8. The highest BCUT2D eigenvalue weighted by molar-refractivity contribution is 5.89. The van der Waals surface area contributed by atoms with E-state index in [0.29, 0.717) is 5.95 Å². The normalized spacial score (nSPS) is 14.4. The monoisotopic (exact) mass is 410 g/mol. The molecule has 2 aromatic rings. The van der Waals surface area contributed by atoms with Gasteiger partial charge in [-0.1, -0.05) is 6.07 Å². The molecule has 0 atom stereocenters. The molecule has 0 saturated carbocycles. The van der Waals surface area contributed by atoms with Gasteiger partial charge in [0, 0.05) is 18.8 Å². The lowest BCUT2D eigenvalue weighted by molar-refractivity contribution is -0.137. The highest BCUT2D eigenvalue weighted by atomic mass is 19.4. The predicted molar refractivity (Wildman–Crippen MR) is 99.7 cm³/mol. The third-order valence-corrected chi connectivity index (χ3v) is 4.33. The molecule has 0 spiro atoms. The molecule has 2 amide bonds. The Labute approximate surface area is 165 Å². The summed E-state index contributed by atoms with van der Waals surface area (Å²) in [5, 5.41) is 4.90. The number of carbonyl (C=O) groups excluding carboxylic acids is 1. The van der Waals surface area contributed by atoms with Crippen molar-refractivity contribution in [3.63, 3.8) is 0 Å². The van der Waals surface area contributed by atoms with Gasteiger partial charge in [-0.2, -0.15) is 28.1 Å². The average molecular weight is 410 g/mol. The second kappa shape index (κ2) is 8.93. The molecule has 2 heterocycles. The molecule has 1 fully saturated rings. The van der Waals surface area contributed by atoms with Crippen molar-refractivity contribution in [2.75, 3.05) is 30.4 Å². The number of rotatable bonds is 5. The maximum Gasteiger partial charge on any atom is 0.416 e. The van der Waals surface area contributed by atoms with Crippen LogP contribution in [0, 0.1) is 0 Å². The molecule has 1 aromatic carbocycles. The van der Waals surface area contributed by atoms with E-state index in [2.05, 4.69) is 25.6 Å². The van der Waals surface area contributed by atoms with E-state index in [0.717, 1.165) is 44.5 Å². The first kappa shape index (κ1) is 20.6. The first-order valence-electron chi connectivity index (χ1n) is 9.11. The summed E-state index contributed by atoms with van der Waals surface area (Å²) in [6, 6.07) is 3.84. The zero-order chi connectivity index (χ0) is 20.9. The molecule has 11 heteroatoms. The Balaban J connectivity index is 1.64. The number of halogens is 3. The number of methoxy groups -OCH3 is 1. The minimum absolute atomic E-state index is 0.0274. The smallest absolute Gasteiger partial charge is 0.416 e. The van der Waals surface area contributed by atoms with Gasteiger partial charge in [0.05, 0.1) is 19.2 Å². The van der Waals surface area contributed by atoms with Crippen molar-refractivity contribution in [3.05, 3.63) is 35.7 Å². The van der Waals surface area contributed by atoms with Crippen LogP contribution in [0.15, 0.2) is 24.3 Å². The minimum atomic E-state index is -4.49. The first-order chi connectivity index (χ1) is 13.8. The quantitative estimate of drug-likeness (QED) is 0.787. The third kappa shape index (κ3) is 5.69. The fourth-order valence-corrected chi connectivity index (χ4v) is 2.90. The van der Waals surface area contributed by atoms with Gasteiger partial charge in [-0.15, -0.1) is 0 Å². The molecule has 8 nitrogen and oxygen atoms in total. The van der Waals surface area contributed by atoms with E-state index >= 15 is 0 Å². The molecule has 3 rings (SSSR count). The van der Waals surface area contributed by atoms with Gasteiger partial charge in [-0.05, 0) is 37.5 Å². The van der Waals surface area contributed by atoms with Gasteiger partial charge in [0.25, 0.3) is 0 Å². The third-order valence-electron chi connectivity index (χ3n) is 4.33. The van der Waals surface area contributed by atoms with Crippen molar-refractivity contribution in [1.82, 2.24) is 20.3 Å². The number of amides is 2. The molecule has 1 saturated heterocycles. The number of benzene rings is 1. The van der Waals surface area contributed by atoms with Crippen LogP contribution in [0.5, 0.6) is 6.01 Å². The fraction of sp³-hybridized carbons (Fsp3) is 0.444. The Morgan fingerprint density at radius 2 is 1.93 bits per heavy atom. The molecule has 1 aliphatic heterocycles. The molecule has 156 valence electrons. The molecule has 1 aliphatic rings. The molecule has 0 bridgehead atoms. The number of alkyl halides is 3. The number of urea groups is 1. The standard InChI is InChI=1S/C18H21F3N6O2/c1-29-17-25-14(24-15(26-17)27-8-3-2-4-9-27)11-22-16(28)23-13-7-5-6-12(10-13)18(19,20)21/h5-7,10H,2-4,8-9,11H2,1H3,(H2,22,23,28). The summed E-state index contributed by atoms with van der Waals surface area (Å²) in [4.78, 5) is 26.8. The molecular weight excluding hydrogens is 389 g/mol. The molecule has 2 N–H and O–H groups in total. The van der Waals surface area contributed by atoms with Gasteiger partial charge >= 0.3 is 18.2 Å². The van der Waals surface area contributed by atoms with Crippen molar-refractivity contribution in [2.24, 2.45) is 0 Å². The molecule has 0 unspecified atom stereocenters. The van der Waals surface area contributed by atoms with Crippen molar-refractivity contribution in [2.45, 2.75) is 32.0 Å². The van der Waals surface area contributed by atoms with Crippen LogP contribution in [0.1, 0.15) is 30.7 Å². The lowest BCUT2D eigenvalue weighted by atomic mass is 10.1. The van der Waals surface area contributed by atoms with E-state index in [4.69, 9.17) is 4.74 Å². The van der Waals surface area contributed by atoms with Crippen molar-refractivity contribution in [3.8, 4) is 6.01 Å².